The van der Waals surface area contributed by atoms with Crippen molar-refractivity contribution in [3.8, 4) is 17.1 Å². The molecule has 0 radical (unpaired) electrons. The number of amides is 1. The van der Waals surface area contributed by atoms with Crippen LogP contribution in [0.4, 0.5) is 5.69 Å². The number of H-pyrrole nitrogens is 2. The molecule has 2 aliphatic rings. The topological polar surface area (TPSA) is 127 Å². The Hall–Kier alpha value is -4.15. The quantitative estimate of drug-likeness (QED) is 0.214. The van der Waals surface area contributed by atoms with Crippen molar-refractivity contribution in [3.63, 3.8) is 0 Å². The molecule has 0 bridgehead atoms. The number of fused-ring (bicyclic) bond motifs is 2. The molecule has 1 amide bonds. The monoisotopic (exact) mass is 598 g/mol. The summed E-state index contributed by atoms with van der Waals surface area (Å²) in [5.74, 6) is 1.24. The molecule has 4 aromatic rings. The maximum absolute atomic E-state index is 13.2. The van der Waals surface area contributed by atoms with Crippen LogP contribution in [0.1, 0.15) is 56.6 Å². The van der Waals surface area contributed by atoms with E-state index in [1.165, 1.54) is 29.5 Å². The highest BCUT2D eigenvalue weighted by atomic mass is 16.5. The zero-order valence-electron chi connectivity index (χ0n) is 26.3. The van der Waals surface area contributed by atoms with Crippen LogP contribution in [0.2, 0.25) is 0 Å². The van der Waals surface area contributed by atoms with E-state index in [-0.39, 0.29) is 24.6 Å². The third-order valence-corrected chi connectivity index (χ3v) is 9.55. The van der Waals surface area contributed by atoms with Gasteiger partial charge in [0.1, 0.15) is 29.8 Å². The lowest BCUT2D eigenvalue weighted by molar-refractivity contribution is 0.0763. The van der Waals surface area contributed by atoms with Gasteiger partial charge in [-0.2, -0.15) is 0 Å². The number of aromatic amines is 2. The highest BCUT2D eigenvalue weighted by molar-refractivity contribution is 6.02. The lowest BCUT2D eigenvalue weighted by atomic mass is 9.94. The summed E-state index contributed by atoms with van der Waals surface area (Å²) in [4.78, 5) is 41.3. The van der Waals surface area contributed by atoms with Gasteiger partial charge in [0.05, 0.1) is 16.7 Å². The molecule has 0 unspecified atom stereocenters. The fraction of sp³-hybridized carbons (Fsp3) is 0.441. The molecule has 0 aliphatic carbocycles. The summed E-state index contributed by atoms with van der Waals surface area (Å²) < 4.78 is 6.10. The van der Waals surface area contributed by atoms with Crippen LogP contribution in [0, 0.1) is 34.6 Å². The number of hydrogen-bond acceptors (Lipinski definition) is 7. The number of nitrogens with one attached hydrogen (secondary N) is 3. The fourth-order valence-corrected chi connectivity index (χ4v) is 6.46. The Morgan fingerprint density at radius 2 is 1.70 bits per heavy atom. The average Bonchev–Trinajstić information content (AvgIpc) is 3.75. The normalized spacial score (nSPS) is 15.8. The molecule has 2 aromatic heterocycles. The molecule has 10 heteroatoms. The summed E-state index contributed by atoms with van der Waals surface area (Å²) in [6, 6.07) is 5.55. The molecule has 2 aliphatic heterocycles. The zero-order chi connectivity index (χ0) is 31.1. The molecule has 1 atom stereocenters. The predicted octanol–water partition coefficient (Wildman–Crippen LogP) is 4.36. The smallest absolute Gasteiger partial charge is 0.261 e. The summed E-state index contributed by atoms with van der Waals surface area (Å²) in [5.41, 5.74) is 9.40. The van der Waals surface area contributed by atoms with Crippen molar-refractivity contribution in [2.45, 2.75) is 60.1 Å². The van der Waals surface area contributed by atoms with Crippen LogP contribution in [0.3, 0.4) is 0 Å². The van der Waals surface area contributed by atoms with E-state index in [4.69, 9.17) is 9.72 Å². The Balaban J connectivity index is 1.15. The third-order valence-electron chi connectivity index (χ3n) is 9.55. The Labute approximate surface area is 257 Å². The minimum Gasteiger partial charge on any atom is -0.490 e. The van der Waals surface area contributed by atoms with Gasteiger partial charge in [0.2, 0.25) is 0 Å². The first-order valence-corrected chi connectivity index (χ1v) is 15.5. The van der Waals surface area contributed by atoms with Gasteiger partial charge >= 0.3 is 0 Å². The van der Waals surface area contributed by atoms with Crippen LogP contribution < -0.4 is 15.6 Å². The predicted molar refractivity (Wildman–Crippen MR) is 173 cm³/mol. The Morgan fingerprint density at radius 3 is 2.43 bits per heavy atom. The molecular formula is C34H42N6O4. The van der Waals surface area contributed by atoms with Crippen molar-refractivity contribution < 1.29 is 14.6 Å². The number of aliphatic hydroxyl groups excluding tert-OH is 1. The molecular weight excluding hydrogens is 556 g/mol. The van der Waals surface area contributed by atoms with E-state index >= 15 is 0 Å². The molecule has 1 fully saturated rings. The van der Waals surface area contributed by atoms with E-state index < -0.39 is 6.10 Å². The lowest BCUT2D eigenvalue weighted by Crippen LogP contribution is -2.33. The average molecular weight is 599 g/mol. The maximum Gasteiger partial charge on any atom is 0.261 e. The Morgan fingerprint density at radius 1 is 1.00 bits per heavy atom. The van der Waals surface area contributed by atoms with Crippen molar-refractivity contribution in [2.24, 2.45) is 0 Å². The van der Waals surface area contributed by atoms with E-state index in [2.05, 4.69) is 41.0 Å². The van der Waals surface area contributed by atoms with Gasteiger partial charge in [0.25, 0.3) is 11.5 Å². The Kier molecular flexibility index (Phi) is 8.22. The van der Waals surface area contributed by atoms with Gasteiger partial charge in [-0.1, -0.05) is 0 Å². The fourth-order valence-electron chi connectivity index (χ4n) is 6.46. The summed E-state index contributed by atoms with van der Waals surface area (Å²) in [5, 5.41) is 14.0. The van der Waals surface area contributed by atoms with Crippen molar-refractivity contribution >= 4 is 22.6 Å². The highest BCUT2D eigenvalue weighted by Gasteiger charge is 2.29. The third kappa shape index (κ3) is 5.59. The number of pyridine rings is 1. The molecule has 44 heavy (non-hydrogen) atoms. The second-order valence-corrected chi connectivity index (χ2v) is 12.3. The number of imidazole rings is 1. The number of rotatable bonds is 10. The van der Waals surface area contributed by atoms with Crippen LogP contribution in [0.25, 0.3) is 22.4 Å². The second-order valence-electron chi connectivity index (χ2n) is 12.3. The first-order chi connectivity index (χ1) is 21.1. The molecule has 232 valence electrons. The molecule has 6 rings (SSSR count). The minimum absolute atomic E-state index is 0.0307. The molecule has 1 saturated heterocycles. The van der Waals surface area contributed by atoms with Gasteiger partial charge in [-0.25, -0.2) is 4.98 Å². The molecule has 2 aromatic carbocycles. The highest BCUT2D eigenvalue weighted by Crippen LogP contribution is 2.33. The molecule has 4 heterocycles. The lowest BCUT2D eigenvalue weighted by Gasteiger charge is -2.21. The number of aliphatic hydroxyl groups is 1. The van der Waals surface area contributed by atoms with Crippen LogP contribution in [0.15, 0.2) is 29.2 Å². The van der Waals surface area contributed by atoms with Crippen molar-refractivity contribution in [2.75, 3.05) is 44.6 Å². The first-order valence-electron chi connectivity index (χ1n) is 15.5. The molecule has 4 N–H and O–H groups in total. The van der Waals surface area contributed by atoms with E-state index in [0.29, 0.717) is 34.7 Å². The van der Waals surface area contributed by atoms with Crippen molar-refractivity contribution in [3.05, 3.63) is 73.7 Å². The van der Waals surface area contributed by atoms with Gasteiger partial charge in [-0.3, -0.25) is 9.59 Å². The van der Waals surface area contributed by atoms with Crippen molar-refractivity contribution in [1.29, 1.82) is 0 Å². The largest absolute Gasteiger partial charge is 0.490 e. The number of ether oxygens (including phenoxy) is 1. The minimum atomic E-state index is -0.819. The number of carbonyl (C=O) groups is 1. The van der Waals surface area contributed by atoms with E-state index in [1.54, 1.807) is 12.3 Å². The van der Waals surface area contributed by atoms with Gasteiger partial charge < -0.3 is 34.9 Å². The maximum atomic E-state index is 13.2. The number of nitrogens with zero attached hydrogens (tertiary/aromatic N) is 3. The van der Waals surface area contributed by atoms with Gasteiger partial charge in [0.15, 0.2) is 0 Å². The number of hydrogen-bond donors (Lipinski definition) is 4. The second kappa shape index (κ2) is 12.1. The Bertz CT molecular complexity index is 1760. The van der Waals surface area contributed by atoms with Crippen LogP contribution >= 0.6 is 0 Å². The number of anilines is 1. The van der Waals surface area contributed by atoms with Crippen LogP contribution in [-0.2, 0) is 6.54 Å². The molecule has 10 nitrogen and oxygen atoms in total. The van der Waals surface area contributed by atoms with E-state index in [0.717, 1.165) is 54.1 Å². The van der Waals surface area contributed by atoms with Gasteiger partial charge in [-0.15, -0.1) is 0 Å². The molecule has 0 spiro atoms. The summed E-state index contributed by atoms with van der Waals surface area (Å²) >= 11 is 0. The van der Waals surface area contributed by atoms with Gasteiger partial charge in [0, 0.05) is 37.9 Å². The number of carbonyl (C=O) groups excluding carboxylic acids is 1. The van der Waals surface area contributed by atoms with E-state index in [1.807, 2.05) is 30.9 Å². The van der Waals surface area contributed by atoms with Gasteiger partial charge in [-0.05, 0) is 112 Å². The molecule has 0 saturated carbocycles. The van der Waals surface area contributed by atoms with Crippen molar-refractivity contribution in [1.82, 2.24) is 24.8 Å². The number of likely N-dealkylation sites (tertiary alicyclic amines) is 1. The summed E-state index contributed by atoms with van der Waals surface area (Å²) in [6.45, 7) is 15.1. The number of benzene rings is 2. The standard InChI is InChI=1S/C34H42N6O4/c1-19-20(2)22(4)31(23(5)21(19)3)44-18-25(41)16-36-27-8-9-35-33(42)30(27)32-37-28-14-24-17-40(13-12-39-10-6-7-11-39)34(43)26(24)15-29(28)38-32/h8-9,14-15,25,41H,6-7,10-13,16-18H2,1-5H3,(H,37,38)(H2,35,36,42)/t25-/m1/s1. The zero-order valence-corrected chi connectivity index (χ0v) is 26.3. The summed E-state index contributed by atoms with van der Waals surface area (Å²) in [6.07, 6.45) is 3.21. The summed E-state index contributed by atoms with van der Waals surface area (Å²) in [7, 11) is 0. The first kappa shape index (κ1) is 29.9. The van der Waals surface area contributed by atoms with Crippen LogP contribution in [-0.4, -0.2) is 81.2 Å². The van der Waals surface area contributed by atoms with E-state index in [9.17, 15) is 14.7 Å². The number of aromatic nitrogens is 3. The van der Waals surface area contributed by atoms with Crippen LogP contribution in [0.5, 0.6) is 5.75 Å². The SMILES string of the molecule is Cc1c(C)c(C)c(OC[C@H](O)CNc2cc[nH]c(=O)c2-c2nc3cc4c(cc3[nH]2)CN(CCN2CCCC2)C4=O)c(C)c1C.